The number of nitrogens with one attached hydrogen (secondary N) is 1. The summed E-state index contributed by atoms with van der Waals surface area (Å²) in [5.74, 6) is 0.940. The van der Waals surface area contributed by atoms with E-state index in [-0.39, 0.29) is 17.1 Å². The van der Waals surface area contributed by atoms with E-state index in [0.717, 1.165) is 11.1 Å². The van der Waals surface area contributed by atoms with Gasteiger partial charge in [-0.25, -0.2) is 4.98 Å². The summed E-state index contributed by atoms with van der Waals surface area (Å²) in [6, 6.07) is 20.4. The molecule has 3 N–H and O–H groups in total. The van der Waals surface area contributed by atoms with E-state index in [1.807, 2.05) is 36.4 Å². The van der Waals surface area contributed by atoms with Gasteiger partial charge in [-0.2, -0.15) is 15.0 Å². The van der Waals surface area contributed by atoms with Crippen LogP contribution in [0.1, 0.15) is 41.1 Å². The lowest BCUT2D eigenvalue weighted by atomic mass is 9.91. The van der Waals surface area contributed by atoms with Crippen LogP contribution in [0.25, 0.3) is 11.2 Å². The van der Waals surface area contributed by atoms with Gasteiger partial charge < -0.3 is 24.8 Å². The predicted molar refractivity (Wildman–Crippen MR) is 137 cm³/mol. The number of nitrogens with zero attached hydrogens (tertiary/aromatic N) is 6. The Bertz CT molecular complexity index is 1510. The van der Waals surface area contributed by atoms with Crippen LogP contribution in [0.5, 0.6) is 0 Å². The summed E-state index contributed by atoms with van der Waals surface area (Å²) >= 11 is 6.31. The van der Waals surface area contributed by atoms with Gasteiger partial charge in [0.05, 0.1) is 6.33 Å². The van der Waals surface area contributed by atoms with E-state index >= 15 is 0 Å². The molecule has 0 saturated carbocycles. The molecule has 194 valence electrons. The standard InChI is InChI=1S/C26H24ClN7O4/c1-14-30-24(38-33-14)21-19(35)20(36)25(37-21)34-13-29-18-22(31-26(27)32-23(18)34)28-12-17(15-8-4-2-5-9-15)16-10-6-3-7-11-16/h2-11,13,17,19-21,25,35-36H,12H2,1H3,(H,28,31,32)/t19-,20+,21-,25+/m0/s1. The molecule has 3 aromatic heterocycles. The van der Waals surface area contributed by atoms with E-state index in [1.54, 1.807) is 6.92 Å². The molecule has 1 aliphatic heterocycles. The zero-order valence-electron chi connectivity index (χ0n) is 20.2. The Morgan fingerprint density at radius 1 is 0.974 bits per heavy atom. The molecule has 0 aliphatic carbocycles. The lowest BCUT2D eigenvalue weighted by molar-refractivity contribution is -0.0451. The lowest BCUT2D eigenvalue weighted by Gasteiger charge is -2.19. The number of aliphatic hydroxyl groups is 2. The van der Waals surface area contributed by atoms with Gasteiger partial charge in [0.25, 0.3) is 5.89 Å². The third-order valence-electron chi connectivity index (χ3n) is 6.57. The van der Waals surface area contributed by atoms with E-state index < -0.39 is 24.5 Å². The molecule has 1 fully saturated rings. The van der Waals surface area contributed by atoms with Crippen LogP contribution >= 0.6 is 11.6 Å². The van der Waals surface area contributed by atoms with Crippen LogP contribution < -0.4 is 5.32 Å². The molecule has 2 aromatic carbocycles. The fourth-order valence-electron chi connectivity index (χ4n) is 4.72. The summed E-state index contributed by atoms with van der Waals surface area (Å²) in [6.07, 6.45) is -3.18. The highest BCUT2D eigenvalue weighted by atomic mass is 35.5. The summed E-state index contributed by atoms with van der Waals surface area (Å²) in [5, 5.41) is 28.5. The van der Waals surface area contributed by atoms with E-state index in [1.165, 1.54) is 10.9 Å². The highest BCUT2D eigenvalue weighted by Gasteiger charge is 2.47. The topological polar surface area (TPSA) is 144 Å². The van der Waals surface area contributed by atoms with Crippen molar-refractivity contribution in [2.75, 3.05) is 11.9 Å². The number of imidazole rings is 1. The molecule has 38 heavy (non-hydrogen) atoms. The second-order valence-electron chi connectivity index (χ2n) is 9.03. The molecule has 5 aromatic rings. The van der Waals surface area contributed by atoms with Gasteiger partial charge in [-0.3, -0.25) is 4.57 Å². The van der Waals surface area contributed by atoms with Crippen LogP contribution in [-0.2, 0) is 4.74 Å². The van der Waals surface area contributed by atoms with E-state index in [0.29, 0.717) is 29.4 Å². The summed E-state index contributed by atoms with van der Waals surface area (Å²) in [7, 11) is 0. The Morgan fingerprint density at radius 2 is 1.66 bits per heavy atom. The van der Waals surface area contributed by atoms with Gasteiger partial charge in [0.15, 0.2) is 35.1 Å². The maximum atomic E-state index is 10.8. The average molecular weight is 534 g/mol. The van der Waals surface area contributed by atoms with Crippen LogP contribution in [0.3, 0.4) is 0 Å². The Balaban J connectivity index is 1.30. The van der Waals surface area contributed by atoms with Crippen molar-refractivity contribution in [3.63, 3.8) is 0 Å². The molecule has 11 nitrogen and oxygen atoms in total. The molecule has 4 atom stereocenters. The molecule has 6 rings (SSSR count). The van der Waals surface area contributed by atoms with Gasteiger partial charge >= 0.3 is 0 Å². The number of halogens is 1. The predicted octanol–water partition coefficient (Wildman–Crippen LogP) is 3.41. The van der Waals surface area contributed by atoms with Crippen molar-refractivity contribution in [2.24, 2.45) is 0 Å². The van der Waals surface area contributed by atoms with Gasteiger partial charge in [0.1, 0.15) is 12.2 Å². The highest BCUT2D eigenvalue weighted by molar-refractivity contribution is 6.28. The molecule has 4 heterocycles. The number of anilines is 1. The number of rotatable bonds is 7. The third-order valence-corrected chi connectivity index (χ3v) is 6.74. The van der Waals surface area contributed by atoms with E-state index in [2.05, 4.69) is 54.7 Å². The van der Waals surface area contributed by atoms with Crippen LogP contribution in [-0.4, -0.2) is 58.6 Å². The Hall–Kier alpha value is -3.90. The number of aromatic nitrogens is 6. The van der Waals surface area contributed by atoms with Crippen molar-refractivity contribution in [3.8, 4) is 0 Å². The van der Waals surface area contributed by atoms with Crippen molar-refractivity contribution in [2.45, 2.75) is 37.4 Å². The second kappa shape index (κ2) is 10.1. The molecular weight excluding hydrogens is 510 g/mol. The first-order valence-corrected chi connectivity index (χ1v) is 12.4. The van der Waals surface area contributed by atoms with E-state index in [4.69, 9.17) is 20.9 Å². The van der Waals surface area contributed by atoms with Crippen molar-refractivity contribution < 1.29 is 19.5 Å². The lowest BCUT2D eigenvalue weighted by Crippen LogP contribution is -2.29. The SMILES string of the molecule is Cc1noc([C@H]2O[C@@H](n3cnc4c(NCC(c5ccccc5)c5ccccc5)nc(Cl)nc43)[C@H](O)[C@@H]2O)n1. The van der Waals surface area contributed by atoms with Crippen LogP contribution in [0.15, 0.2) is 71.5 Å². The normalized spacial score (nSPS) is 21.4. The number of hydrogen-bond acceptors (Lipinski definition) is 10. The number of aliphatic hydroxyl groups excluding tert-OH is 2. The molecule has 0 bridgehead atoms. The van der Waals surface area contributed by atoms with Gasteiger partial charge in [0.2, 0.25) is 5.28 Å². The van der Waals surface area contributed by atoms with Gasteiger partial charge in [0, 0.05) is 12.5 Å². The summed E-state index contributed by atoms with van der Waals surface area (Å²) < 4.78 is 12.6. The van der Waals surface area contributed by atoms with E-state index in [9.17, 15) is 10.2 Å². The van der Waals surface area contributed by atoms with Crippen molar-refractivity contribution in [1.29, 1.82) is 0 Å². The molecular formula is C26H24ClN7O4. The molecule has 0 amide bonds. The minimum atomic E-state index is -1.31. The molecule has 1 saturated heterocycles. The molecule has 12 heteroatoms. The zero-order chi connectivity index (χ0) is 26.2. The Morgan fingerprint density at radius 3 is 2.29 bits per heavy atom. The number of ether oxygens (including phenoxy) is 1. The van der Waals surface area contributed by atoms with Crippen LogP contribution in [0.2, 0.25) is 5.28 Å². The highest BCUT2D eigenvalue weighted by Crippen LogP contribution is 2.39. The number of hydrogen-bond donors (Lipinski definition) is 3. The quantitative estimate of drug-likeness (QED) is 0.266. The minimum Gasteiger partial charge on any atom is -0.387 e. The zero-order valence-corrected chi connectivity index (χ0v) is 21.0. The van der Waals surface area contributed by atoms with Gasteiger partial charge in [-0.15, -0.1) is 0 Å². The third kappa shape index (κ3) is 4.50. The smallest absolute Gasteiger partial charge is 0.258 e. The van der Waals surface area contributed by atoms with Crippen LogP contribution in [0.4, 0.5) is 5.82 Å². The molecule has 0 spiro atoms. The molecule has 0 unspecified atom stereocenters. The summed E-state index contributed by atoms with van der Waals surface area (Å²) in [5.41, 5.74) is 3.07. The van der Waals surface area contributed by atoms with Crippen molar-refractivity contribution in [1.82, 2.24) is 29.7 Å². The first kappa shape index (κ1) is 24.4. The average Bonchev–Trinajstić information content (AvgIpc) is 3.63. The first-order chi connectivity index (χ1) is 18.5. The second-order valence-corrected chi connectivity index (χ2v) is 9.37. The molecule has 0 radical (unpaired) electrons. The monoisotopic (exact) mass is 533 g/mol. The maximum Gasteiger partial charge on any atom is 0.258 e. The van der Waals surface area contributed by atoms with Crippen molar-refractivity contribution >= 4 is 28.6 Å². The minimum absolute atomic E-state index is 0.00478. The first-order valence-electron chi connectivity index (χ1n) is 12.0. The maximum absolute atomic E-state index is 10.8. The van der Waals surface area contributed by atoms with Crippen molar-refractivity contribution in [3.05, 3.63) is 95.1 Å². The number of benzene rings is 2. The molecule has 1 aliphatic rings. The number of fused-ring (bicyclic) bond motifs is 1. The summed E-state index contributed by atoms with van der Waals surface area (Å²) in [4.78, 5) is 17.3. The largest absolute Gasteiger partial charge is 0.387 e. The van der Waals surface area contributed by atoms with Gasteiger partial charge in [-0.1, -0.05) is 65.8 Å². The Labute approximate surface area is 222 Å². The van der Waals surface area contributed by atoms with Crippen LogP contribution in [0, 0.1) is 6.92 Å². The van der Waals surface area contributed by atoms with Gasteiger partial charge in [-0.05, 0) is 29.7 Å². The fraction of sp³-hybridized carbons (Fsp3) is 0.269. The number of aryl methyl sites for hydroxylation is 1. The Kier molecular flexibility index (Phi) is 6.50. The fourth-order valence-corrected chi connectivity index (χ4v) is 4.88. The summed E-state index contributed by atoms with van der Waals surface area (Å²) in [6.45, 7) is 2.17.